The second kappa shape index (κ2) is 8.58. The minimum atomic E-state index is -6.01. The lowest BCUT2D eigenvalue weighted by molar-refractivity contribution is -0.317. The van der Waals surface area contributed by atoms with Crippen molar-refractivity contribution in [3.63, 3.8) is 0 Å². The molecule has 0 aromatic carbocycles. The third-order valence-corrected chi connectivity index (χ3v) is 7.34. The molecular formula is C18H24F6O7S. The minimum Gasteiger partial charge on any atom is -0.460 e. The molecule has 0 amide bonds. The average molecular weight is 498 g/mol. The summed E-state index contributed by atoms with van der Waals surface area (Å²) in [5.41, 5.74) is 0. The van der Waals surface area contributed by atoms with Crippen molar-refractivity contribution in [2.45, 2.75) is 67.8 Å². The number of carbonyl (C=O) groups is 1. The molecule has 32 heavy (non-hydrogen) atoms. The number of rotatable bonds is 6. The molecule has 1 saturated heterocycles. The zero-order chi connectivity index (χ0) is 24.0. The Bertz CT molecular complexity index is 801. The summed E-state index contributed by atoms with van der Waals surface area (Å²) >= 11 is 0. The standard InChI is InChI=1S/C18H24F6O7S/c19-15(20)9-30-17(31-10-16(15,21)22)12-4-1-3-11(7-12)8-13(17)5-2-6-29-14(25)18(23,24)32(26,27)28/h11-13H,1-10H2,(H,26,27,28). The van der Waals surface area contributed by atoms with Crippen LogP contribution in [0.3, 0.4) is 0 Å². The molecule has 2 bridgehead atoms. The molecule has 2 aliphatic carbocycles. The number of hydrogen-bond acceptors (Lipinski definition) is 6. The van der Waals surface area contributed by atoms with Gasteiger partial charge in [0.2, 0.25) is 0 Å². The number of alkyl halides is 6. The first-order valence-corrected chi connectivity index (χ1v) is 11.6. The monoisotopic (exact) mass is 498 g/mol. The molecule has 14 heteroatoms. The van der Waals surface area contributed by atoms with Crippen LogP contribution in [0.2, 0.25) is 0 Å². The van der Waals surface area contributed by atoms with E-state index in [4.69, 9.17) is 14.0 Å². The lowest BCUT2D eigenvalue weighted by Crippen LogP contribution is -2.55. The summed E-state index contributed by atoms with van der Waals surface area (Å²) in [4.78, 5) is 11.3. The molecule has 3 aliphatic rings. The van der Waals surface area contributed by atoms with E-state index in [0.717, 1.165) is 12.8 Å². The van der Waals surface area contributed by atoms with Crippen LogP contribution >= 0.6 is 0 Å². The quantitative estimate of drug-likeness (QED) is 0.258. The van der Waals surface area contributed by atoms with Crippen molar-refractivity contribution in [2.75, 3.05) is 19.8 Å². The summed E-state index contributed by atoms with van der Waals surface area (Å²) in [7, 11) is -6.01. The maximum atomic E-state index is 13.9. The van der Waals surface area contributed by atoms with Gasteiger partial charge in [-0.15, -0.1) is 0 Å². The highest BCUT2D eigenvalue weighted by molar-refractivity contribution is 7.87. The Morgan fingerprint density at radius 3 is 2.22 bits per heavy atom. The second-order valence-corrected chi connectivity index (χ2v) is 10.1. The van der Waals surface area contributed by atoms with Crippen molar-refractivity contribution in [1.29, 1.82) is 0 Å². The molecule has 1 N–H and O–H groups in total. The maximum Gasteiger partial charge on any atom is 0.465 e. The predicted octanol–water partition coefficient (Wildman–Crippen LogP) is 3.63. The van der Waals surface area contributed by atoms with Gasteiger partial charge < -0.3 is 14.2 Å². The molecule has 1 heterocycles. The van der Waals surface area contributed by atoms with Gasteiger partial charge >= 0.3 is 33.2 Å². The molecule has 0 aromatic rings. The van der Waals surface area contributed by atoms with Gasteiger partial charge in [0.15, 0.2) is 5.79 Å². The molecule has 7 nitrogen and oxygen atoms in total. The van der Waals surface area contributed by atoms with Crippen molar-refractivity contribution in [3.8, 4) is 0 Å². The lowest BCUT2D eigenvalue weighted by atomic mass is 9.63. The highest BCUT2D eigenvalue weighted by Gasteiger charge is 2.64. The van der Waals surface area contributed by atoms with Crippen LogP contribution in [-0.2, 0) is 29.1 Å². The number of halogens is 6. The normalized spacial score (nSPS) is 31.7. The maximum absolute atomic E-state index is 13.9. The summed E-state index contributed by atoms with van der Waals surface area (Å²) < 4.78 is 127. The van der Waals surface area contributed by atoms with Gasteiger partial charge in [0, 0.05) is 11.8 Å². The highest BCUT2D eigenvalue weighted by atomic mass is 32.2. The van der Waals surface area contributed by atoms with E-state index in [9.17, 15) is 39.6 Å². The Hall–Kier alpha value is -1.12. The number of fused-ring (bicyclic) bond motifs is 3. The summed E-state index contributed by atoms with van der Waals surface area (Å²) in [6.45, 7) is -3.74. The second-order valence-electron chi connectivity index (χ2n) is 8.64. The molecular weight excluding hydrogens is 474 g/mol. The molecule has 186 valence electrons. The van der Waals surface area contributed by atoms with Crippen LogP contribution in [0.4, 0.5) is 26.3 Å². The van der Waals surface area contributed by atoms with E-state index in [1.807, 2.05) is 0 Å². The zero-order valence-electron chi connectivity index (χ0n) is 16.9. The molecule has 3 atom stereocenters. The van der Waals surface area contributed by atoms with Crippen molar-refractivity contribution in [2.24, 2.45) is 17.8 Å². The molecule has 1 aliphatic heterocycles. The summed E-state index contributed by atoms with van der Waals surface area (Å²) in [5.74, 6) is -13.9. The van der Waals surface area contributed by atoms with E-state index < -0.39 is 70.6 Å². The first-order valence-electron chi connectivity index (χ1n) is 10.2. The van der Waals surface area contributed by atoms with E-state index in [-0.39, 0.29) is 18.8 Å². The Morgan fingerprint density at radius 2 is 1.66 bits per heavy atom. The third kappa shape index (κ3) is 4.60. The van der Waals surface area contributed by atoms with E-state index >= 15 is 0 Å². The zero-order valence-corrected chi connectivity index (χ0v) is 17.7. The average Bonchev–Trinajstić information content (AvgIpc) is 2.78. The fourth-order valence-corrected chi connectivity index (χ4v) is 5.17. The summed E-state index contributed by atoms with van der Waals surface area (Å²) in [6.07, 6.45) is 3.04. The predicted molar refractivity (Wildman–Crippen MR) is 94.8 cm³/mol. The Kier molecular flexibility index (Phi) is 6.84. The highest BCUT2D eigenvalue weighted by Crippen LogP contribution is 2.54. The third-order valence-electron chi connectivity index (χ3n) is 6.52. The number of hydrogen-bond donors (Lipinski definition) is 1. The van der Waals surface area contributed by atoms with Gasteiger partial charge in [-0.25, -0.2) is 4.79 Å². The SMILES string of the molecule is O=C(OCCCC1CC2CCCC(C2)C12OCC(F)(F)C(F)(F)CO2)C(F)(F)S(=O)(=O)O. The molecule has 3 rings (SSSR count). The first-order chi connectivity index (χ1) is 14.6. The van der Waals surface area contributed by atoms with E-state index in [0.29, 0.717) is 19.3 Å². The van der Waals surface area contributed by atoms with Crippen LogP contribution in [0, 0.1) is 17.8 Å². The number of esters is 1. The molecule has 0 radical (unpaired) electrons. The van der Waals surface area contributed by atoms with Gasteiger partial charge in [-0.3, -0.25) is 4.55 Å². The van der Waals surface area contributed by atoms with E-state index in [2.05, 4.69) is 4.74 Å². The molecule has 1 spiro atoms. The molecule has 3 unspecified atom stereocenters. The molecule has 2 saturated carbocycles. The first kappa shape index (κ1) is 25.5. The Balaban J connectivity index is 1.69. The minimum absolute atomic E-state index is 0.0505. The van der Waals surface area contributed by atoms with E-state index in [1.165, 1.54) is 0 Å². The van der Waals surface area contributed by atoms with Crippen LogP contribution in [0.5, 0.6) is 0 Å². The van der Waals surface area contributed by atoms with Gasteiger partial charge in [-0.05, 0) is 38.0 Å². The van der Waals surface area contributed by atoms with Crippen LogP contribution in [0.25, 0.3) is 0 Å². The van der Waals surface area contributed by atoms with Crippen molar-refractivity contribution in [3.05, 3.63) is 0 Å². The van der Waals surface area contributed by atoms with Crippen molar-refractivity contribution >= 4 is 16.1 Å². The smallest absolute Gasteiger partial charge is 0.460 e. The van der Waals surface area contributed by atoms with Crippen LogP contribution in [-0.4, -0.2) is 61.6 Å². The topological polar surface area (TPSA) is 99.1 Å². The number of carbonyl (C=O) groups excluding carboxylic acids is 1. The summed E-state index contributed by atoms with van der Waals surface area (Å²) in [6, 6.07) is 0. The fourth-order valence-electron chi connectivity index (χ4n) is 4.90. The molecule has 0 aromatic heterocycles. The fraction of sp³-hybridized carbons (Fsp3) is 0.944. The largest absolute Gasteiger partial charge is 0.465 e. The van der Waals surface area contributed by atoms with Gasteiger partial charge in [-0.2, -0.15) is 34.8 Å². The molecule has 3 fully saturated rings. The van der Waals surface area contributed by atoms with Gasteiger partial charge in [0.05, 0.1) is 6.61 Å². The lowest BCUT2D eigenvalue weighted by Gasteiger charge is -2.52. The van der Waals surface area contributed by atoms with Gasteiger partial charge in [0.25, 0.3) is 0 Å². The Morgan fingerprint density at radius 1 is 1.06 bits per heavy atom. The Labute approximate surface area is 180 Å². The van der Waals surface area contributed by atoms with E-state index in [1.54, 1.807) is 0 Å². The van der Waals surface area contributed by atoms with Crippen molar-refractivity contribution < 1.29 is 58.3 Å². The summed E-state index contributed by atoms with van der Waals surface area (Å²) in [5, 5.41) is -5.14. The van der Waals surface area contributed by atoms with Crippen molar-refractivity contribution in [1.82, 2.24) is 0 Å². The van der Waals surface area contributed by atoms with Gasteiger partial charge in [-0.1, -0.05) is 12.8 Å². The number of ether oxygens (including phenoxy) is 3. The van der Waals surface area contributed by atoms with Crippen LogP contribution in [0.1, 0.15) is 44.9 Å². The van der Waals surface area contributed by atoms with Crippen LogP contribution in [0.15, 0.2) is 0 Å². The van der Waals surface area contributed by atoms with Crippen LogP contribution < -0.4 is 0 Å². The van der Waals surface area contributed by atoms with Gasteiger partial charge in [0.1, 0.15) is 13.2 Å².